The number of nitrogens with zero attached hydrogens (tertiary/aromatic N) is 2. The van der Waals surface area contributed by atoms with E-state index < -0.39 is 59.1 Å². The number of Topliss-reactive ketones (excluding diaryl/α,β-unsaturated/α-hetero) is 2. The van der Waals surface area contributed by atoms with Crippen molar-refractivity contribution in [1.29, 1.82) is 0 Å². The van der Waals surface area contributed by atoms with Crippen LogP contribution in [0.15, 0.2) is 24.5 Å². The van der Waals surface area contributed by atoms with Crippen LogP contribution < -0.4 is 21.7 Å². The summed E-state index contributed by atoms with van der Waals surface area (Å²) in [6.07, 6.45) is 6.40. The van der Waals surface area contributed by atoms with E-state index in [1.165, 1.54) is 11.1 Å². The summed E-state index contributed by atoms with van der Waals surface area (Å²) in [5.74, 6) is -3.00. The number of urea groups is 1. The number of ketones is 2. The molecule has 12 heteroatoms. The maximum atomic E-state index is 13.8. The molecule has 218 valence electrons. The number of aromatic nitrogens is 1. The molecule has 1 aromatic rings. The number of carbonyl (C=O) groups excluding carboxylic acids is 6. The lowest BCUT2D eigenvalue weighted by molar-refractivity contribution is -0.143. The van der Waals surface area contributed by atoms with Crippen molar-refractivity contribution in [3.05, 3.63) is 30.1 Å². The van der Waals surface area contributed by atoms with Gasteiger partial charge in [-0.2, -0.15) is 0 Å². The number of carbonyl (C=O) groups is 6. The van der Waals surface area contributed by atoms with Crippen LogP contribution in [0.3, 0.4) is 0 Å². The van der Waals surface area contributed by atoms with Gasteiger partial charge in [0.2, 0.25) is 17.6 Å². The van der Waals surface area contributed by atoms with E-state index in [-0.39, 0.29) is 11.7 Å². The van der Waals surface area contributed by atoms with Gasteiger partial charge in [0.1, 0.15) is 12.1 Å². The minimum absolute atomic E-state index is 0.250. The fourth-order valence-corrected chi connectivity index (χ4v) is 4.87. The van der Waals surface area contributed by atoms with Crippen LogP contribution in [0.25, 0.3) is 0 Å². The van der Waals surface area contributed by atoms with Crippen molar-refractivity contribution < 1.29 is 28.8 Å². The molecule has 4 unspecified atom stereocenters. The Morgan fingerprint density at radius 2 is 1.75 bits per heavy atom. The summed E-state index contributed by atoms with van der Waals surface area (Å²) in [6, 6.07) is -1.16. The lowest BCUT2D eigenvalue weighted by Gasteiger charge is -2.36. The molecular weight excluding hydrogens is 516 g/mol. The molecule has 0 aromatic carbocycles. The Morgan fingerprint density at radius 1 is 1.05 bits per heavy atom. The summed E-state index contributed by atoms with van der Waals surface area (Å²) < 4.78 is 0. The molecule has 0 spiro atoms. The predicted molar refractivity (Wildman–Crippen MR) is 146 cm³/mol. The second-order valence-corrected chi connectivity index (χ2v) is 11.6. The Kier molecular flexibility index (Phi) is 9.99. The lowest BCUT2D eigenvalue weighted by atomic mass is 9.85. The van der Waals surface area contributed by atoms with Crippen LogP contribution in [0, 0.1) is 11.3 Å². The Labute approximate surface area is 234 Å². The largest absolute Gasteiger partial charge is 0.363 e. The first-order chi connectivity index (χ1) is 18.8. The highest BCUT2D eigenvalue weighted by atomic mass is 16.2. The van der Waals surface area contributed by atoms with Gasteiger partial charge in [-0.1, -0.05) is 40.5 Å². The minimum atomic E-state index is -1.11. The van der Waals surface area contributed by atoms with Crippen molar-refractivity contribution in [3.63, 3.8) is 0 Å². The van der Waals surface area contributed by atoms with E-state index in [4.69, 9.17) is 5.73 Å². The van der Waals surface area contributed by atoms with E-state index in [9.17, 15) is 28.8 Å². The van der Waals surface area contributed by atoms with Gasteiger partial charge in [-0.3, -0.25) is 29.0 Å². The van der Waals surface area contributed by atoms with E-state index in [2.05, 4.69) is 20.9 Å². The Morgan fingerprint density at radius 3 is 2.30 bits per heavy atom. The van der Waals surface area contributed by atoms with Crippen LogP contribution in [0.4, 0.5) is 4.79 Å². The molecule has 3 rings (SSSR count). The molecule has 2 fully saturated rings. The molecule has 40 heavy (non-hydrogen) atoms. The number of rotatable bonds is 12. The van der Waals surface area contributed by atoms with Crippen LogP contribution in [0.2, 0.25) is 0 Å². The van der Waals surface area contributed by atoms with E-state index in [0.717, 1.165) is 12.8 Å². The van der Waals surface area contributed by atoms with E-state index >= 15 is 0 Å². The summed E-state index contributed by atoms with van der Waals surface area (Å²) in [4.78, 5) is 82.1. The molecule has 2 heterocycles. The summed E-state index contributed by atoms with van der Waals surface area (Å²) >= 11 is 0. The highest BCUT2D eigenvalue weighted by Gasteiger charge is 2.43. The van der Waals surface area contributed by atoms with E-state index in [1.54, 1.807) is 46.0 Å². The third-order valence-electron chi connectivity index (χ3n) is 7.34. The van der Waals surface area contributed by atoms with Gasteiger partial charge >= 0.3 is 6.03 Å². The fraction of sp³-hybridized carbons (Fsp3) is 0.607. The van der Waals surface area contributed by atoms with Gasteiger partial charge in [-0.15, -0.1) is 0 Å². The molecule has 0 radical (unpaired) electrons. The number of nitrogens with two attached hydrogens (primary N) is 1. The van der Waals surface area contributed by atoms with Crippen LogP contribution in [0.5, 0.6) is 0 Å². The smallest absolute Gasteiger partial charge is 0.316 e. The standard InChI is InChI=1S/C28H40N6O6/c1-5-18(21(35)17-8-6-12-30-15-17)32-27(40)33-23(28(2,3)4)26(39)34-13-7-9-20(34)25(38)31-19(14-16-10-11-16)22(36)24(29)37/h6,8,12,15-16,18-20,23H,5,7,9-11,13-14H2,1-4H3,(H2,29,37)(H,31,38)(H2,32,33,40). The number of nitrogens with one attached hydrogen (secondary N) is 3. The van der Waals surface area contributed by atoms with Gasteiger partial charge in [-0.05, 0) is 49.1 Å². The summed E-state index contributed by atoms with van der Waals surface area (Å²) in [5.41, 5.74) is 4.82. The molecule has 4 atom stereocenters. The van der Waals surface area contributed by atoms with Crippen LogP contribution in [-0.4, -0.2) is 75.9 Å². The zero-order valence-corrected chi connectivity index (χ0v) is 23.6. The molecular formula is C28H40N6O6. The van der Waals surface area contributed by atoms with Gasteiger partial charge in [-0.25, -0.2) is 4.79 Å². The predicted octanol–water partition coefficient (Wildman–Crippen LogP) is 1.09. The number of hydrogen-bond acceptors (Lipinski definition) is 7. The number of likely N-dealkylation sites (tertiary alicyclic amines) is 1. The van der Waals surface area contributed by atoms with Gasteiger partial charge in [0, 0.05) is 24.5 Å². The molecule has 12 nitrogen and oxygen atoms in total. The Balaban J connectivity index is 1.70. The topological polar surface area (TPSA) is 181 Å². The number of pyridine rings is 1. The van der Waals surface area contributed by atoms with Crippen LogP contribution >= 0.6 is 0 Å². The molecule has 5 N–H and O–H groups in total. The third-order valence-corrected chi connectivity index (χ3v) is 7.34. The minimum Gasteiger partial charge on any atom is -0.363 e. The van der Waals surface area contributed by atoms with Crippen molar-refractivity contribution >= 4 is 35.3 Å². The first kappa shape index (κ1) is 30.7. The average Bonchev–Trinajstić information content (AvgIpc) is 3.59. The molecule has 5 amide bonds. The van der Waals surface area contributed by atoms with Crippen LogP contribution in [-0.2, 0) is 19.2 Å². The zero-order valence-electron chi connectivity index (χ0n) is 23.6. The Hall–Kier alpha value is -3.83. The van der Waals surface area contributed by atoms with Crippen molar-refractivity contribution in [2.24, 2.45) is 17.1 Å². The maximum absolute atomic E-state index is 13.8. The summed E-state index contributed by atoms with van der Waals surface area (Å²) in [7, 11) is 0. The molecule has 2 aliphatic rings. The molecule has 1 saturated carbocycles. The first-order valence-electron chi connectivity index (χ1n) is 13.8. The van der Waals surface area contributed by atoms with Crippen LogP contribution in [0.1, 0.15) is 76.6 Å². The van der Waals surface area contributed by atoms with E-state index in [0.29, 0.717) is 37.8 Å². The second-order valence-electron chi connectivity index (χ2n) is 11.6. The highest BCUT2D eigenvalue weighted by Crippen LogP contribution is 2.34. The fourth-order valence-electron chi connectivity index (χ4n) is 4.87. The van der Waals surface area contributed by atoms with Gasteiger partial charge in [0.15, 0.2) is 5.78 Å². The second kappa shape index (κ2) is 13.0. The van der Waals surface area contributed by atoms with Crippen molar-refractivity contribution in [2.45, 2.75) is 90.4 Å². The maximum Gasteiger partial charge on any atom is 0.316 e. The van der Waals surface area contributed by atoms with Crippen molar-refractivity contribution in [1.82, 2.24) is 25.8 Å². The monoisotopic (exact) mass is 556 g/mol. The van der Waals surface area contributed by atoms with Gasteiger partial charge in [0.05, 0.1) is 12.1 Å². The zero-order chi connectivity index (χ0) is 29.6. The van der Waals surface area contributed by atoms with Gasteiger partial charge < -0.3 is 26.6 Å². The molecule has 1 saturated heterocycles. The average molecular weight is 557 g/mol. The van der Waals surface area contributed by atoms with Gasteiger partial charge in [0.25, 0.3) is 5.91 Å². The van der Waals surface area contributed by atoms with E-state index in [1.807, 2.05) is 0 Å². The normalized spacial score (nSPS) is 19.2. The first-order valence-corrected chi connectivity index (χ1v) is 13.8. The Bertz CT molecular complexity index is 1130. The quantitative estimate of drug-likeness (QED) is 0.220. The molecule has 1 aromatic heterocycles. The lowest BCUT2D eigenvalue weighted by Crippen LogP contribution is -2.60. The number of primary amides is 1. The van der Waals surface area contributed by atoms with Crippen molar-refractivity contribution in [2.75, 3.05) is 6.54 Å². The SMILES string of the molecule is CCC(NC(=O)NC(C(=O)N1CCCC1C(=O)NC(CC1CC1)C(=O)C(N)=O)C(C)(C)C)C(=O)c1cccnc1. The molecule has 0 bridgehead atoms. The number of hydrogen-bond donors (Lipinski definition) is 4. The highest BCUT2D eigenvalue weighted by molar-refractivity contribution is 6.37. The number of amides is 5. The molecule has 1 aliphatic carbocycles. The summed E-state index contributed by atoms with van der Waals surface area (Å²) in [5, 5.41) is 8.03. The third kappa shape index (κ3) is 7.86. The summed E-state index contributed by atoms with van der Waals surface area (Å²) in [6.45, 7) is 7.42. The molecule has 1 aliphatic heterocycles. The van der Waals surface area contributed by atoms with Crippen molar-refractivity contribution in [3.8, 4) is 0 Å².